The molecule has 0 saturated carbocycles. The summed E-state index contributed by atoms with van der Waals surface area (Å²) in [7, 11) is 0. The smallest absolute Gasteiger partial charge is 0.373 e. The van der Waals surface area contributed by atoms with Crippen LogP contribution in [0.15, 0.2) is 63.8 Å². The predicted octanol–water partition coefficient (Wildman–Crippen LogP) is 3.82. The monoisotopic (exact) mass is 304 g/mol. The van der Waals surface area contributed by atoms with Crippen LogP contribution in [0.4, 0.5) is 0 Å². The van der Waals surface area contributed by atoms with E-state index in [1.807, 2.05) is 36.4 Å². The van der Waals surface area contributed by atoms with Gasteiger partial charge in [0.25, 0.3) is 0 Å². The zero-order chi connectivity index (χ0) is 16.4. The molecule has 4 rings (SSSR count). The molecule has 4 aromatic rings. The molecule has 1 heterocycles. The van der Waals surface area contributed by atoms with Gasteiger partial charge in [0.15, 0.2) is 0 Å². The Hall–Kier alpha value is -3.23. The minimum atomic E-state index is 0.0318. The van der Waals surface area contributed by atoms with Crippen LogP contribution in [0, 0.1) is 6.92 Å². The molecule has 0 aliphatic heterocycles. The standard InChI is InChI=1S/C18H12O2.CO2/c1-11-6-7-12-9-15-17(10-13(12)8-11)20-16-5-3-2-4-14(16)18(15)19;2-1-3/h2-10H,1H3;. The van der Waals surface area contributed by atoms with Crippen molar-refractivity contribution in [2.45, 2.75) is 6.92 Å². The normalized spacial score (nSPS) is 10.3. The second kappa shape index (κ2) is 5.87. The fourth-order valence-electron chi connectivity index (χ4n) is 2.66. The van der Waals surface area contributed by atoms with Crippen molar-refractivity contribution >= 4 is 38.9 Å². The van der Waals surface area contributed by atoms with Gasteiger partial charge in [-0.25, -0.2) is 0 Å². The lowest BCUT2D eigenvalue weighted by atomic mass is 10.0. The van der Waals surface area contributed by atoms with Crippen LogP contribution in [-0.2, 0) is 9.59 Å². The lowest BCUT2D eigenvalue weighted by molar-refractivity contribution is -0.191. The minimum Gasteiger partial charge on any atom is -0.456 e. The third-order valence-corrected chi connectivity index (χ3v) is 3.69. The Morgan fingerprint density at radius 1 is 0.826 bits per heavy atom. The van der Waals surface area contributed by atoms with Crippen molar-refractivity contribution < 1.29 is 14.0 Å². The Bertz CT molecular complexity index is 1120. The lowest BCUT2D eigenvalue weighted by Gasteiger charge is -2.04. The molecule has 0 atom stereocenters. The molecule has 0 unspecified atom stereocenters. The van der Waals surface area contributed by atoms with E-state index in [0.717, 1.165) is 10.8 Å². The highest BCUT2D eigenvalue weighted by Gasteiger charge is 2.08. The third-order valence-electron chi connectivity index (χ3n) is 3.69. The topological polar surface area (TPSA) is 64.3 Å². The van der Waals surface area contributed by atoms with E-state index >= 15 is 0 Å². The number of para-hydroxylation sites is 1. The Balaban J connectivity index is 0.000000485. The van der Waals surface area contributed by atoms with Crippen molar-refractivity contribution in [2.24, 2.45) is 0 Å². The largest absolute Gasteiger partial charge is 0.456 e. The number of rotatable bonds is 0. The van der Waals surface area contributed by atoms with E-state index in [1.165, 1.54) is 5.56 Å². The molecule has 23 heavy (non-hydrogen) atoms. The van der Waals surface area contributed by atoms with Gasteiger partial charge in [-0.3, -0.25) is 4.79 Å². The third kappa shape index (κ3) is 2.63. The molecule has 4 heteroatoms. The van der Waals surface area contributed by atoms with Crippen LogP contribution in [0.25, 0.3) is 32.7 Å². The van der Waals surface area contributed by atoms with Crippen molar-refractivity contribution in [3.8, 4) is 0 Å². The zero-order valence-electron chi connectivity index (χ0n) is 12.3. The van der Waals surface area contributed by atoms with E-state index in [0.29, 0.717) is 21.9 Å². The molecule has 0 spiro atoms. The number of carbonyl (C=O) groups excluding carboxylic acids is 2. The summed E-state index contributed by atoms with van der Waals surface area (Å²) in [6.45, 7) is 2.06. The summed E-state index contributed by atoms with van der Waals surface area (Å²) in [5.41, 5.74) is 2.51. The Labute approximate surface area is 131 Å². The molecular weight excluding hydrogens is 292 g/mol. The number of aryl methyl sites for hydroxylation is 1. The second-order valence-corrected chi connectivity index (χ2v) is 5.21. The highest BCUT2D eigenvalue weighted by atomic mass is 16.3. The van der Waals surface area contributed by atoms with Gasteiger partial charge < -0.3 is 4.42 Å². The average molecular weight is 304 g/mol. The van der Waals surface area contributed by atoms with Crippen LogP contribution in [-0.4, -0.2) is 6.15 Å². The van der Waals surface area contributed by atoms with Crippen LogP contribution in [0.5, 0.6) is 0 Å². The first-order valence-corrected chi connectivity index (χ1v) is 6.99. The summed E-state index contributed by atoms with van der Waals surface area (Å²) < 4.78 is 5.87. The molecule has 4 nitrogen and oxygen atoms in total. The van der Waals surface area contributed by atoms with E-state index in [1.54, 1.807) is 6.07 Å². The van der Waals surface area contributed by atoms with Gasteiger partial charge in [0.1, 0.15) is 11.2 Å². The predicted molar refractivity (Wildman–Crippen MR) is 87.2 cm³/mol. The highest BCUT2D eigenvalue weighted by Crippen LogP contribution is 2.24. The summed E-state index contributed by atoms with van der Waals surface area (Å²) in [5, 5.41) is 3.42. The Morgan fingerprint density at radius 2 is 1.57 bits per heavy atom. The second-order valence-electron chi connectivity index (χ2n) is 5.21. The summed E-state index contributed by atoms with van der Waals surface area (Å²) in [5.74, 6) is 0. The van der Waals surface area contributed by atoms with Crippen LogP contribution in [0.3, 0.4) is 0 Å². The zero-order valence-corrected chi connectivity index (χ0v) is 12.3. The van der Waals surface area contributed by atoms with Crippen LogP contribution >= 0.6 is 0 Å². The highest BCUT2D eigenvalue weighted by molar-refractivity contribution is 5.99. The van der Waals surface area contributed by atoms with E-state index < -0.39 is 0 Å². The van der Waals surface area contributed by atoms with Gasteiger partial charge in [-0.15, -0.1) is 0 Å². The maximum atomic E-state index is 12.5. The molecule has 0 fully saturated rings. The number of benzene rings is 3. The van der Waals surface area contributed by atoms with E-state index in [9.17, 15) is 4.79 Å². The molecule has 0 saturated heterocycles. The van der Waals surface area contributed by atoms with Crippen molar-refractivity contribution in [3.63, 3.8) is 0 Å². The maximum Gasteiger partial charge on any atom is 0.373 e. The first-order chi connectivity index (χ1) is 11.1. The SMILES string of the molecule is Cc1ccc2cc3c(=O)c4ccccc4oc3cc2c1.O=C=O. The summed E-state index contributed by atoms with van der Waals surface area (Å²) in [4.78, 5) is 28.8. The molecule has 0 N–H and O–H groups in total. The fraction of sp³-hybridized carbons (Fsp3) is 0.0526. The molecule has 1 aromatic heterocycles. The summed E-state index contributed by atoms with van der Waals surface area (Å²) in [6, 6.07) is 17.4. The molecule has 0 aliphatic rings. The van der Waals surface area contributed by atoms with E-state index in [-0.39, 0.29) is 11.6 Å². The molecular formula is C19H12O4. The average Bonchev–Trinajstić information content (AvgIpc) is 2.54. The maximum absolute atomic E-state index is 12.5. The van der Waals surface area contributed by atoms with Gasteiger partial charge in [-0.05, 0) is 42.0 Å². The van der Waals surface area contributed by atoms with Crippen molar-refractivity contribution in [2.75, 3.05) is 0 Å². The molecule has 112 valence electrons. The van der Waals surface area contributed by atoms with E-state index in [2.05, 4.69) is 19.1 Å². The van der Waals surface area contributed by atoms with Gasteiger partial charge in [-0.1, -0.05) is 35.9 Å². The summed E-state index contributed by atoms with van der Waals surface area (Å²) >= 11 is 0. The van der Waals surface area contributed by atoms with Gasteiger partial charge in [0.2, 0.25) is 5.43 Å². The molecule has 3 aromatic carbocycles. The fourth-order valence-corrected chi connectivity index (χ4v) is 2.66. The van der Waals surface area contributed by atoms with Crippen LogP contribution in [0.1, 0.15) is 5.56 Å². The molecule has 0 bridgehead atoms. The van der Waals surface area contributed by atoms with Gasteiger partial charge in [0.05, 0.1) is 10.8 Å². The van der Waals surface area contributed by atoms with Crippen LogP contribution in [0.2, 0.25) is 0 Å². The van der Waals surface area contributed by atoms with Crippen molar-refractivity contribution in [3.05, 3.63) is 70.4 Å². The molecule has 0 aliphatic carbocycles. The number of hydrogen-bond donors (Lipinski definition) is 0. The molecule has 0 radical (unpaired) electrons. The Morgan fingerprint density at radius 3 is 2.35 bits per heavy atom. The lowest BCUT2D eigenvalue weighted by Crippen LogP contribution is -2.01. The summed E-state index contributed by atoms with van der Waals surface area (Å²) in [6.07, 6.45) is 0.250. The van der Waals surface area contributed by atoms with Crippen LogP contribution < -0.4 is 5.43 Å². The minimum absolute atomic E-state index is 0.0318. The number of fused-ring (bicyclic) bond motifs is 3. The van der Waals surface area contributed by atoms with E-state index in [4.69, 9.17) is 14.0 Å². The van der Waals surface area contributed by atoms with Crippen molar-refractivity contribution in [1.29, 1.82) is 0 Å². The quantitative estimate of drug-likeness (QED) is 0.463. The van der Waals surface area contributed by atoms with Gasteiger partial charge >= 0.3 is 6.15 Å². The van der Waals surface area contributed by atoms with Crippen molar-refractivity contribution in [1.82, 2.24) is 0 Å². The number of hydrogen-bond acceptors (Lipinski definition) is 4. The van der Waals surface area contributed by atoms with Gasteiger partial charge in [-0.2, -0.15) is 9.59 Å². The van der Waals surface area contributed by atoms with Gasteiger partial charge in [0, 0.05) is 0 Å². The first kappa shape index (κ1) is 14.7. The Kier molecular flexibility index (Phi) is 3.75. The molecule has 0 amide bonds. The first-order valence-electron chi connectivity index (χ1n) is 6.99.